The van der Waals surface area contributed by atoms with Crippen molar-refractivity contribution in [3.8, 4) is 5.75 Å². The van der Waals surface area contributed by atoms with Crippen LogP contribution < -0.4 is 4.74 Å². The van der Waals surface area contributed by atoms with Crippen LogP contribution in [0.3, 0.4) is 0 Å². The largest absolute Gasteiger partial charge is 0.481 e. The monoisotopic (exact) mass is 281 g/mol. The van der Waals surface area contributed by atoms with E-state index in [1.807, 2.05) is 6.92 Å². The number of aldehydes is 1. The second-order valence-electron chi connectivity index (χ2n) is 3.96. The number of rotatable bonds is 8. The number of unbranched alkanes of at least 4 members (excludes halogenated alkanes) is 1. The summed E-state index contributed by atoms with van der Waals surface area (Å²) in [5.41, 5.74) is -0.203. The molecule has 0 aliphatic rings. The molecular formula is C13H15NO6. The number of non-ortho nitro benzene ring substituents is 1. The normalized spacial score (nSPS) is 9.85. The van der Waals surface area contributed by atoms with Crippen LogP contribution in [-0.4, -0.2) is 30.4 Å². The van der Waals surface area contributed by atoms with Crippen LogP contribution >= 0.6 is 0 Å². The van der Waals surface area contributed by atoms with Crippen LogP contribution in [0.4, 0.5) is 5.69 Å². The first-order valence-electron chi connectivity index (χ1n) is 6.10. The van der Waals surface area contributed by atoms with E-state index in [9.17, 15) is 19.7 Å². The summed E-state index contributed by atoms with van der Waals surface area (Å²) in [6, 6.07) is 3.57. The summed E-state index contributed by atoms with van der Waals surface area (Å²) in [6.45, 7) is 1.94. The molecule has 20 heavy (non-hydrogen) atoms. The molecule has 1 aromatic carbocycles. The number of nitro benzene ring substituents is 1. The van der Waals surface area contributed by atoms with E-state index >= 15 is 0 Å². The van der Waals surface area contributed by atoms with Crippen LogP contribution in [0.2, 0.25) is 0 Å². The molecule has 7 heteroatoms. The van der Waals surface area contributed by atoms with Crippen LogP contribution in [0.25, 0.3) is 0 Å². The number of esters is 1. The molecule has 0 amide bonds. The van der Waals surface area contributed by atoms with Crippen molar-refractivity contribution in [2.45, 2.75) is 19.8 Å². The predicted molar refractivity (Wildman–Crippen MR) is 69.8 cm³/mol. The lowest BCUT2D eigenvalue weighted by molar-refractivity contribution is -0.384. The molecule has 1 rings (SSSR count). The van der Waals surface area contributed by atoms with Gasteiger partial charge in [-0.05, 0) is 12.5 Å². The van der Waals surface area contributed by atoms with E-state index in [-0.39, 0.29) is 23.6 Å². The number of nitrogens with zero attached hydrogens (tertiary/aromatic N) is 1. The van der Waals surface area contributed by atoms with Gasteiger partial charge in [0.15, 0.2) is 12.9 Å². The number of carbonyl (C=O) groups is 2. The highest BCUT2D eigenvalue weighted by molar-refractivity contribution is 5.81. The average molecular weight is 281 g/mol. The second-order valence-corrected chi connectivity index (χ2v) is 3.96. The van der Waals surface area contributed by atoms with E-state index in [1.54, 1.807) is 0 Å². The molecule has 0 spiro atoms. The Balaban J connectivity index is 2.61. The fraction of sp³-hybridized carbons (Fsp3) is 0.385. The van der Waals surface area contributed by atoms with Gasteiger partial charge in [-0.25, -0.2) is 4.79 Å². The van der Waals surface area contributed by atoms with Crippen LogP contribution in [0, 0.1) is 10.1 Å². The Morgan fingerprint density at radius 2 is 2.20 bits per heavy atom. The van der Waals surface area contributed by atoms with E-state index in [4.69, 9.17) is 9.47 Å². The molecule has 0 aliphatic heterocycles. The van der Waals surface area contributed by atoms with Gasteiger partial charge in [-0.1, -0.05) is 13.3 Å². The molecule has 0 saturated heterocycles. The molecule has 0 unspecified atom stereocenters. The summed E-state index contributed by atoms with van der Waals surface area (Å²) >= 11 is 0. The van der Waals surface area contributed by atoms with Crippen molar-refractivity contribution in [3.05, 3.63) is 33.9 Å². The highest BCUT2D eigenvalue weighted by Crippen LogP contribution is 2.22. The van der Waals surface area contributed by atoms with Crippen molar-refractivity contribution in [1.82, 2.24) is 0 Å². The Bertz CT molecular complexity index is 500. The first kappa shape index (κ1) is 15.6. The SMILES string of the molecule is CCCCOC(=O)COc1ccc([N+](=O)[O-])cc1C=O. The van der Waals surface area contributed by atoms with Gasteiger partial charge < -0.3 is 9.47 Å². The fourth-order valence-corrected chi connectivity index (χ4v) is 1.38. The van der Waals surface area contributed by atoms with Gasteiger partial charge in [-0.2, -0.15) is 0 Å². The summed E-state index contributed by atoms with van der Waals surface area (Å²) < 4.78 is 10.0. The third-order valence-corrected chi connectivity index (χ3v) is 2.44. The second kappa shape index (κ2) is 7.88. The van der Waals surface area contributed by atoms with E-state index in [0.29, 0.717) is 12.9 Å². The Kier molecular flexibility index (Phi) is 6.15. The lowest BCUT2D eigenvalue weighted by atomic mass is 10.2. The molecular weight excluding hydrogens is 266 g/mol. The topological polar surface area (TPSA) is 95.7 Å². The zero-order valence-corrected chi connectivity index (χ0v) is 11.0. The molecule has 108 valence electrons. The van der Waals surface area contributed by atoms with Crippen LogP contribution in [0.1, 0.15) is 30.1 Å². The van der Waals surface area contributed by atoms with Gasteiger partial charge in [0.2, 0.25) is 0 Å². The lowest BCUT2D eigenvalue weighted by Gasteiger charge is -2.08. The Morgan fingerprint density at radius 3 is 2.80 bits per heavy atom. The molecule has 0 atom stereocenters. The zero-order valence-electron chi connectivity index (χ0n) is 11.0. The Labute approximate surface area is 115 Å². The zero-order chi connectivity index (χ0) is 15.0. The minimum absolute atomic E-state index is 0.0144. The fourth-order valence-electron chi connectivity index (χ4n) is 1.38. The first-order chi connectivity index (χ1) is 9.58. The summed E-state index contributed by atoms with van der Waals surface area (Å²) in [6.07, 6.45) is 2.11. The number of ether oxygens (including phenoxy) is 2. The van der Waals surface area contributed by atoms with Crippen molar-refractivity contribution >= 4 is 17.9 Å². The van der Waals surface area contributed by atoms with E-state index in [0.717, 1.165) is 18.9 Å². The van der Waals surface area contributed by atoms with Crippen molar-refractivity contribution in [3.63, 3.8) is 0 Å². The van der Waals surface area contributed by atoms with Crippen LogP contribution in [0.15, 0.2) is 18.2 Å². The third kappa shape index (κ3) is 4.68. The number of benzene rings is 1. The number of carbonyl (C=O) groups excluding carboxylic acids is 2. The Morgan fingerprint density at radius 1 is 1.45 bits per heavy atom. The molecule has 0 radical (unpaired) electrons. The average Bonchev–Trinajstić information content (AvgIpc) is 2.45. The number of hydrogen-bond donors (Lipinski definition) is 0. The van der Waals surface area contributed by atoms with Crippen LogP contribution in [-0.2, 0) is 9.53 Å². The lowest BCUT2D eigenvalue weighted by Crippen LogP contribution is -2.16. The molecule has 7 nitrogen and oxygen atoms in total. The van der Waals surface area contributed by atoms with Crippen molar-refractivity contribution in [1.29, 1.82) is 0 Å². The first-order valence-corrected chi connectivity index (χ1v) is 6.10. The smallest absolute Gasteiger partial charge is 0.344 e. The summed E-state index contributed by atoms with van der Waals surface area (Å²) in [5.74, 6) is -0.438. The van der Waals surface area contributed by atoms with Crippen molar-refractivity contribution < 1.29 is 24.0 Å². The summed E-state index contributed by atoms with van der Waals surface area (Å²) in [4.78, 5) is 32.1. The quantitative estimate of drug-likeness (QED) is 0.238. The van der Waals surface area contributed by atoms with Gasteiger partial charge in [0.1, 0.15) is 5.75 Å². The maximum atomic E-state index is 11.3. The summed E-state index contributed by atoms with van der Waals surface area (Å²) in [5, 5.41) is 10.6. The van der Waals surface area contributed by atoms with Crippen molar-refractivity contribution in [2.24, 2.45) is 0 Å². The molecule has 0 aromatic heterocycles. The van der Waals surface area contributed by atoms with E-state index in [2.05, 4.69) is 0 Å². The maximum absolute atomic E-state index is 11.3. The van der Waals surface area contributed by atoms with Gasteiger partial charge in [-0.3, -0.25) is 14.9 Å². The van der Waals surface area contributed by atoms with Gasteiger partial charge in [-0.15, -0.1) is 0 Å². The van der Waals surface area contributed by atoms with E-state index < -0.39 is 10.9 Å². The Hall–Kier alpha value is -2.44. The minimum Gasteiger partial charge on any atom is -0.481 e. The van der Waals surface area contributed by atoms with Gasteiger partial charge in [0.25, 0.3) is 5.69 Å². The molecule has 0 N–H and O–H groups in total. The summed E-state index contributed by atoms with van der Waals surface area (Å²) in [7, 11) is 0. The molecule has 0 aliphatic carbocycles. The van der Waals surface area contributed by atoms with E-state index in [1.165, 1.54) is 12.1 Å². The third-order valence-electron chi connectivity index (χ3n) is 2.44. The number of nitro groups is 1. The van der Waals surface area contributed by atoms with Gasteiger partial charge >= 0.3 is 5.97 Å². The van der Waals surface area contributed by atoms with Gasteiger partial charge in [0, 0.05) is 12.1 Å². The van der Waals surface area contributed by atoms with Gasteiger partial charge in [0.05, 0.1) is 17.1 Å². The molecule has 0 fully saturated rings. The highest BCUT2D eigenvalue weighted by Gasteiger charge is 2.12. The predicted octanol–water partition coefficient (Wildman–Crippen LogP) is 2.13. The number of hydrogen-bond acceptors (Lipinski definition) is 6. The molecule has 0 saturated carbocycles. The molecule has 0 heterocycles. The van der Waals surface area contributed by atoms with Crippen LogP contribution in [0.5, 0.6) is 5.75 Å². The van der Waals surface area contributed by atoms with Crippen molar-refractivity contribution in [2.75, 3.05) is 13.2 Å². The highest BCUT2D eigenvalue weighted by atomic mass is 16.6. The maximum Gasteiger partial charge on any atom is 0.344 e. The molecule has 0 bridgehead atoms. The molecule has 1 aromatic rings. The minimum atomic E-state index is -0.615. The standard InChI is InChI=1S/C13H15NO6/c1-2-3-6-19-13(16)9-20-12-5-4-11(14(17)18)7-10(12)8-15/h4-5,7-8H,2-3,6,9H2,1H3.